The lowest BCUT2D eigenvalue weighted by Crippen LogP contribution is -2.28. The van der Waals surface area contributed by atoms with Gasteiger partial charge in [-0.25, -0.2) is 13.1 Å². The number of hydrogen-bond acceptors (Lipinski definition) is 4. The Hall–Kier alpha value is -1.08. The van der Waals surface area contributed by atoms with Crippen LogP contribution >= 0.6 is 22.9 Å². The lowest BCUT2D eigenvalue weighted by molar-refractivity contribution is 0.330. The van der Waals surface area contributed by atoms with Gasteiger partial charge in [-0.05, 0) is 18.2 Å². The molecule has 0 amide bonds. The minimum Gasteiger partial charge on any atom is -0.493 e. The molecule has 106 valence electrons. The van der Waals surface area contributed by atoms with E-state index in [4.69, 9.17) is 16.3 Å². The summed E-state index contributed by atoms with van der Waals surface area (Å²) >= 11 is 6.81. The van der Waals surface area contributed by atoms with Gasteiger partial charge in [0.15, 0.2) is 0 Å². The number of rotatable bonds is 4. The zero-order chi connectivity index (χ0) is 14.2. The second kappa shape index (κ2) is 5.37. The molecule has 0 fully saturated rings. The first kappa shape index (κ1) is 13.9. The molecule has 0 spiro atoms. The molecular weight excluding hydrogens is 318 g/mol. The number of para-hydroxylation sites is 1. The molecule has 1 unspecified atom stereocenters. The minimum absolute atomic E-state index is 0.0383. The highest BCUT2D eigenvalue weighted by molar-refractivity contribution is 7.91. The van der Waals surface area contributed by atoms with Gasteiger partial charge in [-0.15, -0.1) is 11.3 Å². The molecule has 0 bridgehead atoms. The Labute approximate surface area is 126 Å². The van der Waals surface area contributed by atoms with Crippen LogP contribution in [-0.4, -0.2) is 21.6 Å². The number of ether oxygens (including phenoxy) is 1. The van der Waals surface area contributed by atoms with E-state index in [0.29, 0.717) is 17.5 Å². The van der Waals surface area contributed by atoms with Crippen LogP contribution in [-0.2, 0) is 10.0 Å². The Morgan fingerprint density at radius 1 is 1.30 bits per heavy atom. The molecule has 20 heavy (non-hydrogen) atoms. The molecule has 2 heterocycles. The van der Waals surface area contributed by atoms with Crippen LogP contribution in [0.1, 0.15) is 11.5 Å². The lowest BCUT2D eigenvalue weighted by Gasteiger charge is -2.10. The van der Waals surface area contributed by atoms with Crippen LogP contribution in [0.4, 0.5) is 0 Å². The molecule has 3 rings (SSSR count). The van der Waals surface area contributed by atoms with Gasteiger partial charge in [0, 0.05) is 18.0 Å². The van der Waals surface area contributed by atoms with Gasteiger partial charge in [0.1, 0.15) is 9.96 Å². The molecule has 1 aromatic heterocycles. The average Bonchev–Trinajstić information content (AvgIpc) is 3.03. The molecule has 0 aliphatic carbocycles. The summed E-state index contributed by atoms with van der Waals surface area (Å²) in [7, 11) is -3.50. The molecule has 0 radical (unpaired) electrons. The van der Waals surface area contributed by atoms with E-state index in [1.54, 1.807) is 6.07 Å². The SMILES string of the molecule is O=S(=O)(NCC1COc2ccccc21)c1ccc(Cl)s1. The van der Waals surface area contributed by atoms with E-state index in [2.05, 4.69) is 4.72 Å². The number of benzene rings is 1. The van der Waals surface area contributed by atoms with Gasteiger partial charge >= 0.3 is 0 Å². The van der Waals surface area contributed by atoms with Crippen molar-refractivity contribution in [3.63, 3.8) is 0 Å². The summed E-state index contributed by atoms with van der Waals surface area (Å²) in [6.07, 6.45) is 0. The zero-order valence-electron chi connectivity index (χ0n) is 10.4. The van der Waals surface area contributed by atoms with E-state index < -0.39 is 10.0 Å². The zero-order valence-corrected chi connectivity index (χ0v) is 12.8. The van der Waals surface area contributed by atoms with Crippen LogP contribution in [0.15, 0.2) is 40.6 Å². The number of halogens is 1. The van der Waals surface area contributed by atoms with Crippen molar-refractivity contribution in [3.05, 3.63) is 46.3 Å². The summed E-state index contributed by atoms with van der Waals surface area (Å²) < 4.78 is 33.1. The topological polar surface area (TPSA) is 55.4 Å². The molecular formula is C13H12ClNO3S2. The highest BCUT2D eigenvalue weighted by atomic mass is 35.5. The Bertz CT molecular complexity index is 727. The number of nitrogens with one attached hydrogen (secondary N) is 1. The second-order valence-electron chi connectivity index (χ2n) is 4.46. The van der Waals surface area contributed by atoms with Crippen molar-refractivity contribution < 1.29 is 13.2 Å². The molecule has 1 aromatic carbocycles. The van der Waals surface area contributed by atoms with Crippen LogP contribution in [0.5, 0.6) is 5.75 Å². The largest absolute Gasteiger partial charge is 0.493 e. The maximum Gasteiger partial charge on any atom is 0.250 e. The summed E-state index contributed by atoms with van der Waals surface area (Å²) in [5.41, 5.74) is 1.04. The molecule has 1 atom stereocenters. The Kier molecular flexibility index (Phi) is 3.72. The molecule has 4 nitrogen and oxygen atoms in total. The third kappa shape index (κ3) is 2.69. The van der Waals surface area contributed by atoms with Crippen molar-refractivity contribution in [1.29, 1.82) is 0 Å². The first-order valence-electron chi connectivity index (χ1n) is 6.03. The smallest absolute Gasteiger partial charge is 0.250 e. The fraction of sp³-hybridized carbons (Fsp3) is 0.231. The molecule has 2 aromatic rings. The highest BCUT2D eigenvalue weighted by Gasteiger charge is 2.26. The van der Waals surface area contributed by atoms with Crippen LogP contribution < -0.4 is 9.46 Å². The van der Waals surface area contributed by atoms with E-state index in [9.17, 15) is 8.42 Å². The molecule has 0 saturated heterocycles. The second-order valence-corrected chi connectivity index (χ2v) is 8.17. The van der Waals surface area contributed by atoms with Gasteiger partial charge in [0.2, 0.25) is 10.0 Å². The fourth-order valence-electron chi connectivity index (χ4n) is 2.12. The number of sulfonamides is 1. The fourth-order valence-corrected chi connectivity index (χ4v) is 4.73. The van der Waals surface area contributed by atoms with Crippen molar-refractivity contribution in [2.75, 3.05) is 13.2 Å². The number of thiophene rings is 1. The predicted molar refractivity (Wildman–Crippen MR) is 79.2 cm³/mol. The van der Waals surface area contributed by atoms with Gasteiger partial charge in [-0.1, -0.05) is 29.8 Å². The van der Waals surface area contributed by atoms with Gasteiger partial charge < -0.3 is 4.74 Å². The van der Waals surface area contributed by atoms with Crippen molar-refractivity contribution in [1.82, 2.24) is 4.72 Å². The first-order chi connectivity index (χ1) is 9.56. The maximum atomic E-state index is 12.1. The van der Waals surface area contributed by atoms with Gasteiger partial charge in [-0.3, -0.25) is 0 Å². The van der Waals surface area contributed by atoms with Crippen molar-refractivity contribution in [2.24, 2.45) is 0 Å². The summed E-state index contributed by atoms with van der Waals surface area (Å²) in [6.45, 7) is 0.807. The molecule has 0 saturated carbocycles. The monoisotopic (exact) mass is 329 g/mol. The van der Waals surface area contributed by atoms with Gasteiger partial charge in [-0.2, -0.15) is 0 Å². The third-order valence-corrected chi connectivity index (χ3v) is 6.28. The summed E-state index contributed by atoms with van der Waals surface area (Å²) in [4.78, 5) is 0. The van der Waals surface area contributed by atoms with Crippen molar-refractivity contribution in [3.8, 4) is 5.75 Å². The van der Waals surface area contributed by atoms with Crippen LogP contribution in [0.3, 0.4) is 0 Å². The normalized spacial score (nSPS) is 17.8. The molecule has 1 aliphatic heterocycles. The van der Waals surface area contributed by atoms with Gasteiger partial charge in [0.25, 0.3) is 0 Å². The lowest BCUT2D eigenvalue weighted by atomic mass is 10.0. The Balaban J connectivity index is 1.72. The summed E-state index contributed by atoms with van der Waals surface area (Å²) in [5, 5.41) is 0. The van der Waals surface area contributed by atoms with E-state index >= 15 is 0 Å². The minimum atomic E-state index is -3.50. The predicted octanol–water partition coefficient (Wildman–Crippen LogP) is 2.86. The maximum absolute atomic E-state index is 12.1. The highest BCUT2D eigenvalue weighted by Crippen LogP contribution is 2.33. The molecule has 1 aliphatic rings. The number of hydrogen-bond donors (Lipinski definition) is 1. The summed E-state index contributed by atoms with van der Waals surface area (Å²) in [5.74, 6) is 0.868. The van der Waals surface area contributed by atoms with Gasteiger partial charge in [0.05, 0.1) is 10.9 Å². The average molecular weight is 330 g/mol. The van der Waals surface area contributed by atoms with Crippen molar-refractivity contribution in [2.45, 2.75) is 10.1 Å². The first-order valence-corrected chi connectivity index (χ1v) is 8.71. The van der Waals surface area contributed by atoms with Crippen molar-refractivity contribution >= 4 is 33.0 Å². The Morgan fingerprint density at radius 3 is 2.85 bits per heavy atom. The van der Waals surface area contributed by atoms with Crippen LogP contribution in [0, 0.1) is 0 Å². The Morgan fingerprint density at radius 2 is 2.10 bits per heavy atom. The summed E-state index contributed by atoms with van der Waals surface area (Å²) in [6, 6.07) is 10.8. The standard InChI is InChI=1S/C13H12ClNO3S2/c14-12-5-6-13(19-12)20(16,17)15-7-9-8-18-11-4-2-1-3-10(9)11/h1-6,9,15H,7-8H2. The van der Waals surface area contributed by atoms with Crippen LogP contribution in [0.2, 0.25) is 4.34 Å². The van der Waals surface area contributed by atoms with Crippen LogP contribution in [0.25, 0.3) is 0 Å². The molecule has 1 N–H and O–H groups in total. The third-order valence-electron chi connectivity index (χ3n) is 3.13. The van der Waals surface area contributed by atoms with E-state index in [1.165, 1.54) is 6.07 Å². The number of fused-ring (bicyclic) bond motifs is 1. The quantitative estimate of drug-likeness (QED) is 0.938. The molecule has 7 heteroatoms. The van der Waals surface area contributed by atoms with E-state index in [-0.39, 0.29) is 10.1 Å². The van der Waals surface area contributed by atoms with E-state index in [1.807, 2.05) is 24.3 Å². The van der Waals surface area contributed by atoms with E-state index in [0.717, 1.165) is 22.6 Å².